The Labute approximate surface area is 191 Å². The van der Waals surface area contributed by atoms with Gasteiger partial charge >= 0.3 is 0 Å². The van der Waals surface area contributed by atoms with Crippen LogP contribution in [0.4, 0.5) is 8.78 Å². The maximum atomic E-state index is 14.0. The molecule has 0 aliphatic carbocycles. The summed E-state index contributed by atoms with van der Waals surface area (Å²) in [4.78, 5) is 26.3. The van der Waals surface area contributed by atoms with Crippen LogP contribution in [0.15, 0.2) is 29.2 Å². The Bertz CT molecular complexity index is 1340. The molecule has 172 valence electrons. The van der Waals surface area contributed by atoms with E-state index in [0.29, 0.717) is 24.6 Å². The number of aromatic nitrogens is 3. The number of ether oxygens (including phenoxy) is 1. The minimum atomic E-state index is -0.899. The third-order valence-corrected chi connectivity index (χ3v) is 7.72. The summed E-state index contributed by atoms with van der Waals surface area (Å²) in [5.41, 5.74) is -2.03. The molecule has 1 unspecified atom stereocenters. The number of aromatic hydroxyl groups is 1. The van der Waals surface area contributed by atoms with Gasteiger partial charge in [0.15, 0.2) is 16.5 Å². The molecule has 5 rings (SSSR count). The van der Waals surface area contributed by atoms with E-state index >= 15 is 0 Å². The third kappa shape index (κ3) is 3.31. The number of benzene rings is 1. The third-order valence-electron chi connectivity index (χ3n) is 6.76. The number of rotatable bonds is 3. The van der Waals surface area contributed by atoms with Gasteiger partial charge in [0.05, 0.1) is 23.1 Å². The molecule has 1 atom stereocenters. The molecular weight excluding hydrogens is 452 g/mol. The smallest absolute Gasteiger partial charge is 0.234 e. The van der Waals surface area contributed by atoms with Gasteiger partial charge in [0, 0.05) is 25.3 Å². The standard InChI is InChI=1S/C23H21F2N3O4S/c1-22(2)20(31)17-19(30)18(29)14(10-28(17)11-23(22)6-3-7-32-23)21-27-26-16(33-21)8-12-4-5-13(24)9-15(12)25/h4-5,9-10,30H,3,6-8,11H2,1-2H3. The quantitative estimate of drug-likeness (QED) is 0.623. The zero-order valence-electron chi connectivity index (χ0n) is 18.0. The first-order chi connectivity index (χ1) is 15.6. The minimum Gasteiger partial charge on any atom is -0.503 e. The van der Waals surface area contributed by atoms with Crippen LogP contribution >= 0.6 is 11.3 Å². The molecule has 0 radical (unpaired) electrons. The Morgan fingerprint density at radius 3 is 2.73 bits per heavy atom. The van der Waals surface area contributed by atoms with E-state index in [1.165, 1.54) is 12.3 Å². The number of carbonyl (C=O) groups excluding carboxylic acids is 1. The van der Waals surface area contributed by atoms with Gasteiger partial charge in [-0.1, -0.05) is 17.4 Å². The summed E-state index contributed by atoms with van der Waals surface area (Å²) >= 11 is 1.07. The van der Waals surface area contributed by atoms with E-state index in [1.54, 1.807) is 18.4 Å². The van der Waals surface area contributed by atoms with E-state index in [-0.39, 0.29) is 34.0 Å². The second-order valence-corrected chi connectivity index (χ2v) is 10.1. The fourth-order valence-electron chi connectivity index (χ4n) is 4.72. The van der Waals surface area contributed by atoms with Crippen LogP contribution in [0.25, 0.3) is 10.6 Å². The van der Waals surface area contributed by atoms with E-state index in [9.17, 15) is 23.5 Å². The Morgan fingerprint density at radius 2 is 2.03 bits per heavy atom. The predicted molar refractivity (Wildman–Crippen MR) is 116 cm³/mol. The highest BCUT2D eigenvalue weighted by Gasteiger charge is 2.57. The maximum Gasteiger partial charge on any atom is 0.234 e. The highest BCUT2D eigenvalue weighted by atomic mass is 32.1. The van der Waals surface area contributed by atoms with E-state index in [1.807, 2.05) is 0 Å². The summed E-state index contributed by atoms with van der Waals surface area (Å²) in [6.07, 6.45) is 3.10. The largest absolute Gasteiger partial charge is 0.503 e. The zero-order chi connectivity index (χ0) is 23.5. The van der Waals surface area contributed by atoms with Crippen molar-refractivity contribution in [3.05, 3.63) is 62.5 Å². The highest BCUT2D eigenvalue weighted by molar-refractivity contribution is 7.14. The summed E-state index contributed by atoms with van der Waals surface area (Å²) in [5.74, 6) is -2.34. The van der Waals surface area contributed by atoms with E-state index < -0.39 is 33.8 Å². The van der Waals surface area contributed by atoms with Gasteiger partial charge in [0.2, 0.25) is 5.43 Å². The Kier molecular flexibility index (Phi) is 4.98. The molecule has 10 heteroatoms. The number of hydrogen-bond acceptors (Lipinski definition) is 7. The van der Waals surface area contributed by atoms with Gasteiger partial charge in [-0.2, -0.15) is 0 Å². The summed E-state index contributed by atoms with van der Waals surface area (Å²) < 4.78 is 34.8. The Hall–Kier alpha value is -2.98. The average molecular weight is 474 g/mol. The summed E-state index contributed by atoms with van der Waals surface area (Å²) in [6.45, 7) is 4.43. The van der Waals surface area contributed by atoms with E-state index in [2.05, 4.69) is 10.2 Å². The van der Waals surface area contributed by atoms with Crippen molar-refractivity contribution in [1.29, 1.82) is 0 Å². The monoisotopic (exact) mass is 473 g/mol. The van der Waals surface area contributed by atoms with Crippen LogP contribution in [-0.4, -0.2) is 37.9 Å². The number of fused-ring (bicyclic) bond motifs is 1. The Balaban J connectivity index is 1.55. The van der Waals surface area contributed by atoms with Gasteiger partial charge < -0.3 is 14.4 Å². The molecule has 33 heavy (non-hydrogen) atoms. The van der Waals surface area contributed by atoms with Gasteiger partial charge in [-0.3, -0.25) is 9.59 Å². The number of hydrogen-bond donors (Lipinski definition) is 1. The van der Waals surface area contributed by atoms with Crippen molar-refractivity contribution >= 4 is 17.1 Å². The topological polar surface area (TPSA) is 94.3 Å². The lowest BCUT2D eigenvalue weighted by atomic mass is 9.67. The Morgan fingerprint density at radius 1 is 1.24 bits per heavy atom. The van der Waals surface area contributed by atoms with Gasteiger partial charge in [-0.05, 0) is 38.3 Å². The first kappa shape index (κ1) is 21.8. The average Bonchev–Trinajstić information content (AvgIpc) is 3.42. The van der Waals surface area contributed by atoms with Crippen molar-refractivity contribution in [1.82, 2.24) is 14.8 Å². The van der Waals surface area contributed by atoms with Crippen LogP contribution in [0.1, 0.15) is 47.7 Å². The molecule has 1 fully saturated rings. The first-order valence-electron chi connectivity index (χ1n) is 10.5. The lowest BCUT2D eigenvalue weighted by Crippen LogP contribution is -2.56. The molecule has 1 N–H and O–H groups in total. The molecule has 1 spiro atoms. The van der Waals surface area contributed by atoms with Crippen molar-refractivity contribution in [2.24, 2.45) is 5.41 Å². The number of nitrogens with zero attached hydrogens (tertiary/aromatic N) is 3. The maximum absolute atomic E-state index is 14.0. The van der Waals surface area contributed by atoms with Crippen LogP contribution in [-0.2, 0) is 17.7 Å². The fraction of sp³-hybridized carbons (Fsp3) is 0.391. The van der Waals surface area contributed by atoms with Crippen molar-refractivity contribution in [3.8, 4) is 16.3 Å². The molecule has 3 aromatic rings. The number of Topliss-reactive ketones (excluding diaryl/α,β-unsaturated/α-hetero) is 1. The SMILES string of the molecule is CC1(C)C(=O)c2c(O)c(=O)c(-c3nnc(Cc4ccc(F)cc4F)s3)cn2CC12CCCO2. The minimum absolute atomic E-state index is 0.0343. The van der Waals surface area contributed by atoms with Crippen LogP contribution in [0.5, 0.6) is 5.75 Å². The van der Waals surface area contributed by atoms with Crippen LogP contribution < -0.4 is 5.43 Å². The number of halogens is 2. The molecule has 0 bridgehead atoms. The van der Waals surface area contributed by atoms with Gasteiger partial charge in [-0.15, -0.1) is 10.2 Å². The van der Waals surface area contributed by atoms with Gasteiger partial charge in [0.1, 0.15) is 22.3 Å². The zero-order valence-corrected chi connectivity index (χ0v) is 18.8. The highest BCUT2D eigenvalue weighted by Crippen LogP contribution is 2.49. The van der Waals surface area contributed by atoms with Gasteiger partial charge in [-0.25, -0.2) is 8.78 Å². The van der Waals surface area contributed by atoms with Gasteiger partial charge in [0.25, 0.3) is 0 Å². The lowest BCUT2D eigenvalue weighted by Gasteiger charge is -2.46. The number of pyridine rings is 1. The predicted octanol–water partition coefficient (Wildman–Crippen LogP) is 3.71. The normalized spacial score (nSPS) is 21.5. The number of carbonyl (C=O) groups is 1. The molecule has 1 saturated heterocycles. The second kappa shape index (κ2) is 7.53. The molecule has 4 heterocycles. The molecule has 0 saturated carbocycles. The number of ketones is 1. The van der Waals surface area contributed by atoms with Crippen molar-refractivity contribution in [3.63, 3.8) is 0 Å². The second-order valence-electron chi connectivity index (χ2n) is 9.01. The molecule has 2 aliphatic rings. The molecular formula is C23H21F2N3O4S. The lowest BCUT2D eigenvalue weighted by molar-refractivity contribution is -0.0876. The molecule has 1 aromatic carbocycles. The molecule has 2 aliphatic heterocycles. The van der Waals surface area contributed by atoms with Crippen LogP contribution in [0.2, 0.25) is 0 Å². The van der Waals surface area contributed by atoms with Crippen molar-refractivity contribution < 1.29 is 23.4 Å². The van der Waals surface area contributed by atoms with Crippen LogP contribution in [0.3, 0.4) is 0 Å². The van der Waals surface area contributed by atoms with Crippen LogP contribution in [0, 0.1) is 17.0 Å². The summed E-state index contributed by atoms with van der Waals surface area (Å²) in [7, 11) is 0. The van der Waals surface area contributed by atoms with Crippen molar-refractivity contribution in [2.45, 2.75) is 45.3 Å². The van der Waals surface area contributed by atoms with Crippen molar-refractivity contribution in [2.75, 3.05) is 6.61 Å². The molecule has 0 amide bonds. The first-order valence-corrected chi connectivity index (χ1v) is 11.4. The molecule has 7 nitrogen and oxygen atoms in total. The summed E-state index contributed by atoms with van der Waals surface area (Å²) in [6, 6.07) is 3.29. The fourth-order valence-corrected chi connectivity index (χ4v) is 5.59. The summed E-state index contributed by atoms with van der Waals surface area (Å²) in [5, 5.41) is 19.4. The van der Waals surface area contributed by atoms with E-state index in [4.69, 9.17) is 4.74 Å². The van der Waals surface area contributed by atoms with E-state index in [0.717, 1.165) is 29.9 Å². The molecule has 2 aromatic heterocycles.